The van der Waals surface area contributed by atoms with Crippen molar-refractivity contribution in [3.63, 3.8) is 0 Å². The molecule has 1 aliphatic heterocycles. The van der Waals surface area contributed by atoms with E-state index in [0.29, 0.717) is 40.3 Å². The minimum Gasteiger partial charge on any atom is -0.468 e. The number of ketones is 1. The van der Waals surface area contributed by atoms with Crippen LogP contribution < -0.4 is 5.32 Å². The fraction of sp³-hybridized carbons (Fsp3) is 0.458. The minimum atomic E-state index is -0.919. The molecule has 1 aliphatic carbocycles. The summed E-state index contributed by atoms with van der Waals surface area (Å²) in [5, 5.41) is 3.74. The maximum atomic E-state index is 13.6. The van der Waals surface area contributed by atoms with Crippen LogP contribution in [0.3, 0.4) is 0 Å². The van der Waals surface area contributed by atoms with Crippen LogP contribution in [0, 0.1) is 11.8 Å². The third kappa shape index (κ3) is 4.40. The quantitative estimate of drug-likeness (QED) is 0.537. The number of methoxy groups -OCH3 is 1. The fourth-order valence-electron chi connectivity index (χ4n) is 4.30. The summed E-state index contributed by atoms with van der Waals surface area (Å²) < 4.78 is 10.5. The van der Waals surface area contributed by atoms with E-state index in [1.54, 1.807) is 25.1 Å². The Labute approximate surface area is 187 Å². The molecule has 1 aromatic carbocycles. The topological polar surface area (TPSA) is 81.7 Å². The summed E-state index contributed by atoms with van der Waals surface area (Å²) in [4.78, 5) is 39.2. The number of hydrogen-bond donors (Lipinski definition) is 1. The first-order valence-electron chi connectivity index (χ1n) is 10.5. The first-order chi connectivity index (χ1) is 14.7. The Balaban J connectivity index is 2.17. The van der Waals surface area contributed by atoms with Gasteiger partial charge in [0.1, 0.15) is 5.92 Å². The molecule has 1 heterocycles. The number of ether oxygens (including phenoxy) is 2. The lowest BCUT2D eigenvalue weighted by atomic mass is 9.69. The van der Waals surface area contributed by atoms with Crippen molar-refractivity contribution in [2.45, 2.75) is 52.6 Å². The second kappa shape index (κ2) is 9.27. The van der Waals surface area contributed by atoms with Crippen molar-refractivity contribution in [2.24, 2.45) is 11.8 Å². The Morgan fingerprint density at radius 2 is 2.03 bits per heavy atom. The summed E-state index contributed by atoms with van der Waals surface area (Å²) in [6, 6.07) is 7.08. The molecule has 6 nitrogen and oxygen atoms in total. The third-order valence-corrected chi connectivity index (χ3v) is 6.26. The molecule has 1 N–H and O–H groups in total. The molecule has 0 fully saturated rings. The minimum absolute atomic E-state index is 0.229. The maximum absolute atomic E-state index is 13.6. The maximum Gasteiger partial charge on any atom is 0.337 e. The van der Waals surface area contributed by atoms with Gasteiger partial charge in [0.05, 0.1) is 18.8 Å². The number of dihydropyridines is 1. The highest BCUT2D eigenvalue weighted by molar-refractivity contribution is 6.30. The zero-order valence-corrected chi connectivity index (χ0v) is 19.2. The monoisotopic (exact) mass is 445 g/mol. The molecule has 4 atom stereocenters. The molecule has 0 bridgehead atoms. The average molecular weight is 446 g/mol. The Morgan fingerprint density at radius 1 is 1.32 bits per heavy atom. The van der Waals surface area contributed by atoms with Crippen molar-refractivity contribution in [2.75, 3.05) is 7.11 Å². The Hall–Kier alpha value is -2.60. The van der Waals surface area contributed by atoms with Gasteiger partial charge in [0.25, 0.3) is 0 Å². The first kappa shape index (κ1) is 23.1. The zero-order chi connectivity index (χ0) is 22.9. The van der Waals surface area contributed by atoms with E-state index in [1.807, 2.05) is 26.8 Å². The second-order valence-corrected chi connectivity index (χ2v) is 8.65. The summed E-state index contributed by atoms with van der Waals surface area (Å²) in [7, 11) is 1.28. The van der Waals surface area contributed by atoms with E-state index in [2.05, 4.69) is 5.32 Å². The van der Waals surface area contributed by atoms with Gasteiger partial charge in [0.15, 0.2) is 5.78 Å². The van der Waals surface area contributed by atoms with Gasteiger partial charge in [-0.1, -0.05) is 37.6 Å². The Kier molecular flexibility index (Phi) is 6.90. The molecule has 7 heteroatoms. The number of halogens is 1. The normalized spacial score (nSPS) is 24.3. The lowest BCUT2D eigenvalue weighted by Gasteiger charge is -2.38. The van der Waals surface area contributed by atoms with Gasteiger partial charge in [0, 0.05) is 27.9 Å². The van der Waals surface area contributed by atoms with E-state index in [1.165, 1.54) is 7.11 Å². The number of benzene rings is 1. The van der Waals surface area contributed by atoms with Crippen molar-refractivity contribution in [1.82, 2.24) is 5.32 Å². The number of hydrogen-bond acceptors (Lipinski definition) is 6. The molecular formula is C24H28ClNO5. The average Bonchev–Trinajstić information content (AvgIpc) is 2.72. The summed E-state index contributed by atoms with van der Waals surface area (Å²) in [5.41, 5.74) is 2.81. The molecular weight excluding hydrogens is 418 g/mol. The molecule has 2 aliphatic rings. The van der Waals surface area contributed by atoms with Crippen molar-refractivity contribution in [3.8, 4) is 0 Å². The molecule has 166 valence electrons. The summed E-state index contributed by atoms with van der Waals surface area (Å²) >= 11 is 6.25. The lowest BCUT2D eigenvalue weighted by molar-refractivity contribution is -0.151. The smallest absolute Gasteiger partial charge is 0.337 e. The van der Waals surface area contributed by atoms with Crippen LogP contribution in [-0.4, -0.2) is 30.9 Å². The third-order valence-electron chi connectivity index (χ3n) is 6.03. The van der Waals surface area contributed by atoms with Gasteiger partial charge in [-0.25, -0.2) is 4.79 Å². The van der Waals surface area contributed by atoms with Gasteiger partial charge >= 0.3 is 11.9 Å². The Morgan fingerprint density at radius 3 is 2.65 bits per heavy atom. The van der Waals surface area contributed by atoms with Gasteiger partial charge in [-0.2, -0.15) is 0 Å². The largest absolute Gasteiger partial charge is 0.468 e. The van der Waals surface area contributed by atoms with E-state index in [-0.39, 0.29) is 17.8 Å². The number of carbonyl (C=O) groups excluding carboxylic acids is 3. The van der Waals surface area contributed by atoms with Gasteiger partial charge in [-0.05, 0) is 50.3 Å². The first-order valence-corrected chi connectivity index (χ1v) is 10.9. The fourth-order valence-corrected chi connectivity index (χ4v) is 4.50. The molecule has 0 aromatic heterocycles. The van der Waals surface area contributed by atoms with Gasteiger partial charge in [-0.15, -0.1) is 0 Å². The highest BCUT2D eigenvalue weighted by Crippen LogP contribution is 2.45. The number of Topliss-reactive ketones (excluding diaryl/α,β-unsaturated/α-hetero) is 1. The van der Waals surface area contributed by atoms with E-state index in [0.717, 1.165) is 5.70 Å². The van der Waals surface area contributed by atoms with Crippen LogP contribution in [0.4, 0.5) is 0 Å². The zero-order valence-electron chi connectivity index (χ0n) is 18.5. The molecule has 1 aromatic rings. The van der Waals surface area contributed by atoms with Crippen molar-refractivity contribution >= 4 is 29.3 Å². The Bertz CT molecular complexity index is 980. The summed E-state index contributed by atoms with van der Waals surface area (Å²) in [5.74, 6) is -3.22. The molecule has 0 spiro atoms. The number of allylic oxidation sites excluding steroid dienone is 3. The van der Waals surface area contributed by atoms with E-state index < -0.39 is 23.8 Å². The van der Waals surface area contributed by atoms with Crippen LogP contribution in [0.5, 0.6) is 0 Å². The highest BCUT2D eigenvalue weighted by Gasteiger charge is 2.47. The van der Waals surface area contributed by atoms with Crippen LogP contribution in [0.1, 0.15) is 52.0 Å². The van der Waals surface area contributed by atoms with Crippen LogP contribution in [0.2, 0.25) is 5.02 Å². The van der Waals surface area contributed by atoms with E-state index in [4.69, 9.17) is 21.1 Å². The number of carbonyl (C=O) groups is 3. The van der Waals surface area contributed by atoms with E-state index in [9.17, 15) is 14.4 Å². The number of esters is 2. The van der Waals surface area contributed by atoms with Gasteiger partial charge in [-0.3, -0.25) is 9.59 Å². The number of nitrogens with one attached hydrogen (secondary N) is 1. The van der Waals surface area contributed by atoms with Crippen molar-refractivity contribution in [1.29, 1.82) is 0 Å². The lowest BCUT2D eigenvalue weighted by Crippen LogP contribution is -2.43. The molecule has 0 saturated heterocycles. The molecule has 31 heavy (non-hydrogen) atoms. The van der Waals surface area contributed by atoms with E-state index >= 15 is 0 Å². The van der Waals surface area contributed by atoms with Crippen molar-refractivity contribution in [3.05, 3.63) is 57.4 Å². The summed E-state index contributed by atoms with van der Waals surface area (Å²) in [6.45, 7) is 7.41. The summed E-state index contributed by atoms with van der Waals surface area (Å²) in [6.07, 6.45) is 0.888. The highest BCUT2D eigenvalue weighted by atomic mass is 35.5. The van der Waals surface area contributed by atoms with Crippen LogP contribution in [-0.2, 0) is 23.9 Å². The van der Waals surface area contributed by atoms with Gasteiger partial charge in [0.2, 0.25) is 0 Å². The van der Waals surface area contributed by atoms with Crippen LogP contribution >= 0.6 is 11.6 Å². The molecule has 0 unspecified atom stereocenters. The van der Waals surface area contributed by atoms with Crippen molar-refractivity contribution < 1.29 is 23.9 Å². The second-order valence-electron chi connectivity index (χ2n) is 8.21. The predicted octanol–water partition coefficient (Wildman–Crippen LogP) is 4.29. The molecule has 0 radical (unpaired) electrons. The van der Waals surface area contributed by atoms with Gasteiger partial charge < -0.3 is 14.8 Å². The molecule has 0 amide bonds. The molecule has 3 rings (SSSR count). The molecule has 0 saturated carbocycles. The number of rotatable bonds is 5. The van der Waals surface area contributed by atoms with Crippen LogP contribution in [0.25, 0.3) is 0 Å². The SMILES string of the molecule is CC[C@@H](C)OC(=O)C1=C(C)NC2=C(C(=O)[C@H](C(=O)OC)[C@H](C)C2)[C@@H]1c1cccc(Cl)c1. The standard InChI is InChI=1S/C24H28ClNO5/c1-6-13(3)31-24(29)19-14(4)26-17-10-12(2)18(23(28)30-5)22(27)21(17)20(19)15-8-7-9-16(25)11-15/h7-9,11-13,18,20,26H,6,10H2,1-5H3/t12-,13-,18-,20-/m1/s1. The predicted molar refractivity (Wildman–Crippen MR) is 117 cm³/mol. The van der Waals surface area contributed by atoms with Crippen LogP contribution in [0.15, 0.2) is 46.8 Å².